The molecule has 0 saturated carbocycles. The second-order valence-electron chi connectivity index (χ2n) is 4.05. The van der Waals surface area contributed by atoms with Gasteiger partial charge in [-0.1, -0.05) is 12.8 Å². The van der Waals surface area contributed by atoms with E-state index in [1.54, 1.807) is 0 Å². The SMILES string of the molecule is CC(F)(F)CCCCCCC(C)(F)F. The van der Waals surface area contributed by atoms with Crippen molar-refractivity contribution < 1.29 is 17.6 Å². The van der Waals surface area contributed by atoms with Crippen LogP contribution in [0.5, 0.6) is 0 Å². The number of rotatable bonds is 7. The lowest BCUT2D eigenvalue weighted by Gasteiger charge is -2.11. The van der Waals surface area contributed by atoms with Crippen molar-refractivity contribution in [1.29, 1.82) is 0 Å². The van der Waals surface area contributed by atoms with E-state index in [1.807, 2.05) is 0 Å². The maximum Gasteiger partial charge on any atom is 0.245 e. The van der Waals surface area contributed by atoms with Crippen LogP contribution in [-0.4, -0.2) is 11.8 Å². The molecule has 0 aliphatic heterocycles. The zero-order chi connectivity index (χ0) is 11.2. The van der Waals surface area contributed by atoms with Gasteiger partial charge < -0.3 is 0 Å². The largest absolute Gasteiger partial charge is 0.245 e. The molecule has 4 heteroatoms. The second kappa shape index (κ2) is 5.56. The van der Waals surface area contributed by atoms with E-state index in [9.17, 15) is 17.6 Å². The van der Waals surface area contributed by atoms with Crippen LogP contribution in [0, 0.1) is 0 Å². The first-order valence-electron chi connectivity index (χ1n) is 4.96. The molecule has 14 heavy (non-hydrogen) atoms. The molecule has 0 fully saturated rings. The van der Waals surface area contributed by atoms with Crippen LogP contribution in [0.1, 0.15) is 52.4 Å². The van der Waals surface area contributed by atoms with Gasteiger partial charge in [0.25, 0.3) is 0 Å². The minimum Gasteiger partial charge on any atom is -0.207 e. The Morgan fingerprint density at radius 1 is 0.643 bits per heavy atom. The van der Waals surface area contributed by atoms with Gasteiger partial charge in [0.05, 0.1) is 0 Å². The van der Waals surface area contributed by atoms with Crippen LogP contribution in [0.15, 0.2) is 0 Å². The summed E-state index contributed by atoms with van der Waals surface area (Å²) < 4.78 is 49.2. The molecule has 0 unspecified atom stereocenters. The molecule has 0 heterocycles. The first kappa shape index (κ1) is 13.7. The summed E-state index contributed by atoms with van der Waals surface area (Å²) in [6, 6.07) is 0. The Kier molecular flexibility index (Phi) is 5.45. The predicted molar refractivity (Wildman–Crippen MR) is 48.9 cm³/mol. The number of hydrogen-bond acceptors (Lipinski definition) is 0. The van der Waals surface area contributed by atoms with Gasteiger partial charge in [-0.3, -0.25) is 0 Å². The molecule has 86 valence electrons. The Morgan fingerprint density at radius 3 is 1.14 bits per heavy atom. The van der Waals surface area contributed by atoms with E-state index in [1.165, 1.54) is 0 Å². The second-order valence-corrected chi connectivity index (χ2v) is 4.05. The number of hydrogen-bond donors (Lipinski definition) is 0. The summed E-state index contributed by atoms with van der Waals surface area (Å²) >= 11 is 0. The van der Waals surface area contributed by atoms with E-state index in [-0.39, 0.29) is 12.8 Å². The molecule has 0 N–H and O–H groups in total. The van der Waals surface area contributed by atoms with Crippen LogP contribution < -0.4 is 0 Å². The smallest absolute Gasteiger partial charge is 0.207 e. The third-order valence-electron chi connectivity index (χ3n) is 1.98. The summed E-state index contributed by atoms with van der Waals surface area (Å²) in [5.41, 5.74) is 0. The fourth-order valence-electron chi connectivity index (χ4n) is 1.22. The van der Waals surface area contributed by atoms with Gasteiger partial charge in [-0.15, -0.1) is 0 Å². The molecule has 0 nitrogen and oxygen atoms in total. The molecule has 0 rings (SSSR count). The molecular weight excluding hydrogens is 196 g/mol. The zero-order valence-electron chi connectivity index (χ0n) is 8.75. The van der Waals surface area contributed by atoms with Gasteiger partial charge in [0.2, 0.25) is 11.8 Å². The third-order valence-corrected chi connectivity index (χ3v) is 1.98. The molecule has 0 atom stereocenters. The van der Waals surface area contributed by atoms with E-state index >= 15 is 0 Å². The van der Waals surface area contributed by atoms with E-state index in [0.29, 0.717) is 25.7 Å². The summed E-state index contributed by atoms with van der Waals surface area (Å²) in [6.07, 6.45) is 1.77. The lowest BCUT2D eigenvalue weighted by molar-refractivity contribution is 0.00587. The summed E-state index contributed by atoms with van der Waals surface area (Å²) in [5.74, 6) is -5.23. The van der Waals surface area contributed by atoms with Crippen molar-refractivity contribution in [3.8, 4) is 0 Å². The molecule has 0 radical (unpaired) electrons. The average Bonchev–Trinajstić information content (AvgIpc) is 1.92. The van der Waals surface area contributed by atoms with E-state index < -0.39 is 11.8 Å². The zero-order valence-corrected chi connectivity index (χ0v) is 8.75. The summed E-state index contributed by atoms with van der Waals surface area (Å²) in [5, 5.41) is 0. The molecule has 0 aromatic rings. The van der Waals surface area contributed by atoms with Crippen LogP contribution in [0.4, 0.5) is 17.6 Å². The first-order chi connectivity index (χ1) is 6.21. The van der Waals surface area contributed by atoms with Crippen molar-refractivity contribution in [1.82, 2.24) is 0 Å². The number of unbranched alkanes of at least 4 members (excludes halogenated alkanes) is 3. The molecule has 0 spiro atoms. The van der Waals surface area contributed by atoms with Crippen molar-refractivity contribution >= 4 is 0 Å². The highest BCUT2D eigenvalue weighted by Crippen LogP contribution is 2.23. The molecule has 0 amide bonds. The van der Waals surface area contributed by atoms with Crippen molar-refractivity contribution in [2.45, 2.75) is 64.2 Å². The average molecular weight is 214 g/mol. The van der Waals surface area contributed by atoms with Crippen LogP contribution in [0.3, 0.4) is 0 Å². The highest BCUT2D eigenvalue weighted by molar-refractivity contribution is 4.60. The monoisotopic (exact) mass is 214 g/mol. The topological polar surface area (TPSA) is 0 Å². The van der Waals surface area contributed by atoms with Crippen molar-refractivity contribution in [3.63, 3.8) is 0 Å². The highest BCUT2D eigenvalue weighted by atomic mass is 19.3. The van der Waals surface area contributed by atoms with Crippen molar-refractivity contribution in [2.24, 2.45) is 0 Å². The molecule has 0 aliphatic rings. The lowest BCUT2D eigenvalue weighted by atomic mass is 10.1. The van der Waals surface area contributed by atoms with Crippen LogP contribution in [0.2, 0.25) is 0 Å². The Balaban J connectivity index is 3.23. The van der Waals surface area contributed by atoms with Gasteiger partial charge in [-0.05, 0) is 26.7 Å². The van der Waals surface area contributed by atoms with Crippen LogP contribution >= 0.6 is 0 Å². The lowest BCUT2D eigenvalue weighted by Crippen LogP contribution is -2.09. The van der Waals surface area contributed by atoms with Crippen LogP contribution in [0.25, 0.3) is 0 Å². The van der Waals surface area contributed by atoms with Gasteiger partial charge in [-0.2, -0.15) is 0 Å². The van der Waals surface area contributed by atoms with Gasteiger partial charge in [0.1, 0.15) is 0 Å². The van der Waals surface area contributed by atoms with Gasteiger partial charge in [-0.25, -0.2) is 17.6 Å². The minimum absolute atomic E-state index is 0.143. The molecule has 0 saturated heterocycles. The molecular formula is C10H18F4. The fourth-order valence-corrected chi connectivity index (χ4v) is 1.22. The maximum atomic E-state index is 12.3. The maximum absolute atomic E-state index is 12.3. The molecule has 0 bridgehead atoms. The summed E-state index contributed by atoms with van der Waals surface area (Å²) in [4.78, 5) is 0. The Hall–Kier alpha value is -0.280. The number of halogens is 4. The van der Waals surface area contributed by atoms with E-state index in [2.05, 4.69) is 0 Å². The Morgan fingerprint density at radius 2 is 0.929 bits per heavy atom. The van der Waals surface area contributed by atoms with Gasteiger partial charge in [0.15, 0.2) is 0 Å². The van der Waals surface area contributed by atoms with E-state index in [0.717, 1.165) is 13.8 Å². The van der Waals surface area contributed by atoms with Crippen LogP contribution in [-0.2, 0) is 0 Å². The normalized spacial score (nSPS) is 13.3. The van der Waals surface area contributed by atoms with Gasteiger partial charge in [0, 0.05) is 12.8 Å². The standard InChI is InChI=1S/C10H18F4/c1-9(11,12)7-5-3-4-6-8-10(2,13)14/h3-8H2,1-2H3. The fraction of sp³-hybridized carbons (Fsp3) is 1.00. The Labute approximate surface area is 82.7 Å². The first-order valence-corrected chi connectivity index (χ1v) is 4.96. The predicted octanol–water partition coefficient (Wildman–Crippen LogP) is 4.64. The number of alkyl halides is 4. The summed E-state index contributed by atoms with van der Waals surface area (Å²) in [6.45, 7) is 1.76. The molecule has 0 aromatic carbocycles. The Bertz CT molecular complexity index is 125. The third kappa shape index (κ3) is 11.7. The quantitative estimate of drug-likeness (QED) is 0.428. The van der Waals surface area contributed by atoms with Crippen molar-refractivity contribution in [2.75, 3.05) is 0 Å². The van der Waals surface area contributed by atoms with Crippen molar-refractivity contribution in [3.05, 3.63) is 0 Å². The van der Waals surface area contributed by atoms with E-state index in [4.69, 9.17) is 0 Å². The highest BCUT2D eigenvalue weighted by Gasteiger charge is 2.21. The molecule has 0 aliphatic carbocycles. The van der Waals surface area contributed by atoms with Gasteiger partial charge >= 0.3 is 0 Å². The minimum atomic E-state index is -2.62. The summed E-state index contributed by atoms with van der Waals surface area (Å²) in [7, 11) is 0. The molecule has 0 aromatic heterocycles.